The average Bonchev–Trinajstić information content (AvgIpc) is 2.82. The van der Waals surface area contributed by atoms with Crippen LogP contribution in [0.1, 0.15) is 12.0 Å². The second kappa shape index (κ2) is 5.71. The molecule has 0 radical (unpaired) electrons. The molecule has 1 aliphatic heterocycles. The number of nitrogens with zero attached hydrogens (tertiary/aromatic N) is 1. The highest BCUT2D eigenvalue weighted by Gasteiger charge is 2.23. The van der Waals surface area contributed by atoms with Crippen LogP contribution in [0.4, 0.5) is 10.5 Å². The normalized spacial score (nSPS) is 14.9. The summed E-state index contributed by atoms with van der Waals surface area (Å²) in [6.07, 6.45) is 1.06. The Bertz CT molecular complexity index is 490. The molecular weight excluding hydrogens is 246 g/mol. The number of carbonyl (C=O) groups excluding carboxylic acids is 1. The number of para-hydroxylation sites is 1. The van der Waals surface area contributed by atoms with Gasteiger partial charge in [0, 0.05) is 18.8 Å². The Morgan fingerprint density at radius 1 is 1.42 bits per heavy atom. The van der Waals surface area contributed by atoms with Crippen molar-refractivity contribution < 1.29 is 14.7 Å². The predicted octanol–water partition coefficient (Wildman–Crippen LogP) is 0.561. The summed E-state index contributed by atoms with van der Waals surface area (Å²) in [4.78, 5) is 24.2. The molecule has 1 atom stereocenters. The number of rotatable bonds is 4. The van der Waals surface area contributed by atoms with Crippen molar-refractivity contribution in [3.63, 3.8) is 0 Å². The summed E-state index contributed by atoms with van der Waals surface area (Å²) in [5.41, 5.74) is 7.44. The second-order valence-electron chi connectivity index (χ2n) is 4.50. The molecule has 1 aliphatic rings. The third-order valence-corrected chi connectivity index (χ3v) is 3.18. The fourth-order valence-electron chi connectivity index (χ4n) is 2.10. The van der Waals surface area contributed by atoms with Crippen molar-refractivity contribution in [3.8, 4) is 0 Å². The number of carboxylic acids is 1. The first kappa shape index (κ1) is 13.4. The van der Waals surface area contributed by atoms with Gasteiger partial charge in [0.05, 0.1) is 0 Å². The Morgan fingerprint density at radius 2 is 2.16 bits per heavy atom. The standard InChI is InChI=1S/C13H17N3O3/c14-10(12(17)18)5-7-15-13(19)16-8-6-9-3-1-2-4-11(9)16/h1-4,10H,5-8,14H2,(H,15,19)(H,17,18). The summed E-state index contributed by atoms with van der Waals surface area (Å²) in [5.74, 6) is -1.05. The van der Waals surface area contributed by atoms with Crippen LogP contribution in [0.5, 0.6) is 0 Å². The molecule has 2 amide bonds. The van der Waals surface area contributed by atoms with Crippen molar-refractivity contribution in [2.24, 2.45) is 5.73 Å². The molecule has 0 saturated heterocycles. The van der Waals surface area contributed by atoms with E-state index < -0.39 is 12.0 Å². The number of nitrogens with two attached hydrogens (primary N) is 1. The zero-order valence-electron chi connectivity index (χ0n) is 10.5. The quantitative estimate of drug-likeness (QED) is 0.739. The van der Waals surface area contributed by atoms with Crippen LogP contribution in [0.3, 0.4) is 0 Å². The van der Waals surface area contributed by atoms with Gasteiger partial charge in [0.25, 0.3) is 0 Å². The first-order valence-electron chi connectivity index (χ1n) is 6.21. The lowest BCUT2D eigenvalue weighted by Gasteiger charge is -2.18. The van der Waals surface area contributed by atoms with Gasteiger partial charge in [0.2, 0.25) is 0 Å². The van der Waals surface area contributed by atoms with Gasteiger partial charge in [-0.25, -0.2) is 4.79 Å². The highest BCUT2D eigenvalue weighted by molar-refractivity contribution is 5.94. The maximum Gasteiger partial charge on any atom is 0.321 e. The minimum atomic E-state index is -1.05. The fourth-order valence-corrected chi connectivity index (χ4v) is 2.10. The first-order valence-corrected chi connectivity index (χ1v) is 6.21. The van der Waals surface area contributed by atoms with Crippen LogP contribution < -0.4 is 16.0 Å². The van der Waals surface area contributed by atoms with Crippen molar-refractivity contribution in [1.29, 1.82) is 0 Å². The number of hydrogen-bond acceptors (Lipinski definition) is 3. The van der Waals surface area contributed by atoms with Crippen molar-refractivity contribution in [1.82, 2.24) is 5.32 Å². The number of carbonyl (C=O) groups is 2. The molecule has 0 fully saturated rings. The van der Waals surface area contributed by atoms with Crippen molar-refractivity contribution in [2.75, 3.05) is 18.0 Å². The number of nitrogens with one attached hydrogen (secondary N) is 1. The fraction of sp³-hybridized carbons (Fsp3) is 0.385. The molecular formula is C13H17N3O3. The zero-order valence-corrected chi connectivity index (χ0v) is 10.5. The van der Waals surface area contributed by atoms with Crippen LogP contribution in [-0.2, 0) is 11.2 Å². The van der Waals surface area contributed by atoms with E-state index in [1.54, 1.807) is 4.90 Å². The molecule has 102 valence electrons. The van der Waals surface area contributed by atoms with Crippen LogP contribution in [0.15, 0.2) is 24.3 Å². The molecule has 1 aromatic rings. The SMILES string of the molecule is NC(CCNC(=O)N1CCc2ccccc21)C(=O)O. The van der Waals surface area contributed by atoms with Crippen LogP contribution in [-0.4, -0.2) is 36.2 Å². The van der Waals surface area contributed by atoms with Gasteiger partial charge < -0.3 is 16.2 Å². The van der Waals surface area contributed by atoms with Gasteiger partial charge in [0.1, 0.15) is 6.04 Å². The molecule has 0 aliphatic carbocycles. The van der Waals surface area contributed by atoms with Gasteiger partial charge in [-0.2, -0.15) is 0 Å². The van der Waals surface area contributed by atoms with E-state index >= 15 is 0 Å². The monoisotopic (exact) mass is 263 g/mol. The van der Waals surface area contributed by atoms with E-state index in [2.05, 4.69) is 5.32 Å². The Hall–Kier alpha value is -2.08. The van der Waals surface area contributed by atoms with E-state index in [-0.39, 0.29) is 19.0 Å². The Morgan fingerprint density at radius 3 is 2.89 bits per heavy atom. The van der Waals surface area contributed by atoms with E-state index in [1.165, 1.54) is 0 Å². The smallest absolute Gasteiger partial charge is 0.321 e. The molecule has 0 spiro atoms. The number of amides is 2. The molecule has 0 saturated carbocycles. The molecule has 19 heavy (non-hydrogen) atoms. The van der Waals surface area contributed by atoms with E-state index in [9.17, 15) is 9.59 Å². The van der Waals surface area contributed by atoms with Crippen LogP contribution in [0.2, 0.25) is 0 Å². The second-order valence-corrected chi connectivity index (χ2v) is 4.50. The molecule has 2 rings (SSSR count). The van der Waals surface area contributed by atoms with Crippen molar-refractivity contribution in [3.05, 3.63) is 29.8 Å². The van der Waals surface area contributed by atoms with Crippen molar-refractivity contribution >= 4 is 17.7 Å². The number of urea groups is 1. The molecule has 4 N–H and O–H groups in total. The minimum Gasteiger partial charge on any atom is -0.480 e. The number of hydrogen-bond donors (Lipinski definition) is 3. The summed E-state index contributed by atoms with van der Waals surface area (Å²) in [7, 11) is 0. The maximum absolute atomic E-state index is 12.0. The van der Waals surface area contributed by atoms with Gasteiger partial charge in [-0.05, 0) is 24.5 Å². The third kappa shape index (κ3) is 3.03. The number of benzene rings is 1. The topological polar surface area (TPSA) is 95.7 Å². The molecule has 6 heteroatoms. The van der Waals surface area contributed by atoms with Crippen LogP contribution in [0.25, 0.3) is 0 Å². The van der Waals surface area contributed by atoms with E-state index in [4.69, 9.17) is 10.8 Å². The lowest BCUT2D eigenvalue weighted by atomic mass is 10.2. The Kier molecular flexibility index (Phi) is 4.01. The summed E-state index contributed by atoms with van der Waals surface area (Å²) >= 11 is 0. The largest absolute Gasteiger partial charge is 0.480 e. The lowest BCUT2D eigenvalue weighted by Crippen LogP contribution is -2.41. The number of fused-ring (bicyclic) bond motifs is 1. The van der Waals surface area contributed by atoms with Crippen molar-refractivity contribution in [2.45, 2.75) is 18.9 Å². The predicted molar refractivity (Wildman–Crippen MR) is 71.1 cm³/mol. The van der Waals surface area contributed by atoms with Gasteiger partial charge in [0.15, 0.2) is 0 Å². The molecule has 6 nitrogen and oxygen atoms in total. The van der Waals surface area contributed by atoms with E-state index in [0.717, 1.165) is 17.7 Å². The van der Waals surface area contributed by atoms with Gasteiger partial charge in [-0.15, -0.1) is 0 Å². The maximum atomic E-state index is 12.0. The number of carboxylic acid groups (broad SMARTS) is 1. The third-order valence-electron chi connectivity index (χ3n) is 3.18. The Balaban J connectivity index is 1.87. The van der Waals surface area contributed by atoms with Gasteiger partial charge >= 0.3 is 12.0 Å². The van der Waals surface area contributed by atoms with E-state index in [1.807, 2.05) is 24.3 Å². The Labute approximate surface area is 111 Å². The highest BCUT2D eigenvalue weighted by Crippen LogP contribution is 2.27. The minimum absolute atomic E-state index is 0.206. The molecule has 1 aromatic carbocycles. The summed E-state index contributed by atoms with van der Waals surface area (Å²) in [6, 6.07) is 6.61. The van der Waals surface area contributed by atoms with Gasteiger partial charge in [-0.3, -0.25) is 9.69 Å². The van der Waals surface area contributed by atoms with Gasteiger partial charge in [-0.1, -0.05) is 18.2 Å². The molecule has 0 bridgehead atoms. The summed E-state index contributed by atoms with van der Waals surface area (Å²) < 4.78 is 0. The van der Waals surface area contributed by atoms with Crippen LogP contribution >= 0.6 is 0 Å². The lowest BCUT2D eigenvalue weighted by molar-refractivity contribution is -0.138. The highest BCUT2D eigenvalue weighted by atomic mass is 16.4. The zero-order chi connectivity index (χ0) is 13.8. The summed E-state index contributed by atoms with van der Waals surface area (Å²) in [6.45, 7) is 0.904. The first-order chi connectivity index (χ1) is 9.09. The molecule has 1 heterocycles. The number of anilines is 1. The summed E-state index contributed by atoms with van der Waals surface area (Å²) in [5, 5.41) is 11.3. The molecule has 1 unspecified atom stereocenters. The average molecular weight is 263 g/mol. The number of aliphatic carboxylic acids is 1. The van der Waals surface area contributed by atoms with E-state index in [0.29, 0.717) is 6.54 Å². The van der Waals surface area contributed by atoms with Crippen LogP contribution in [0, 0.1) is 0 Å². The molecule has 0 aromatic heterocycles.